The fraction of sp³-hybridized carbons (Fsp3) is 0.111. The Kier molecular flexibility index (Phi) is 4.38. The summed E-state index contributed by atoms with van der Waals surface area (Å²) in [4.78, 5) is 9.90. The molecule has 1 aromatic carbocycles. The van der Waals surface area contributed by atoms with Crippen molar-refractivity contribution in [2.45, 2.75) is 11.3 Å². The standard InChI is InChI=1S/C9H6F3NO3S/c10-9(11,12)16-7-1-3-8(4-2-7)17-6-5-13(14)15/h1-6H. The molecule has 17 heavy (non-hydrogen) atoms. The predicted molar refractivity (Wildman–Crippen MR) is 55.1 cm³/mol. The van der Waals surface area contributed by atoms with Crippen LogP contribution >= 0.6 is 11.8 Å². The molecule has 0 saturated carbocycles. The van der Waals surface area contributed by atoms with E-state index in [1.54, 1.807) is 0 Å². The number of halogens is 3. The highest BCUT2D eigenvalue weighted by Crippen LogP contribution is 2.26. The lowest BCUT2D eigenvalue weighted by molar-refractivity contribution is -0.402. The Bertz CT molecular complexity index is 416. The number of nitrogens with zero attached hydrogens (tertiary/aromatic N) is 1. The summed E-state index contributed by atoms with van der Waals surface area (Å²) in [7, 11) is 0. The van der Waals surface area contributed by atoms with Crippen LogP contribution in [0.25, 0.3) is 0 Å². The van der Waals surface area contributed by atoms with E-state index in [0.717, 1.165) is 30.1 Å². The fourth-order valence-corrected chi connectivity index (χ4v) is 1.49. The number of alkyl halides is 3. The first-order valence-electron chi connectivity index (χ1n) is 4.19. The first-order chi connectivity index (χ1) is 7.87. The number of benzene rings is 1. The lowest BCUT2D eigenvalue weighted by atomic mass is 10.3. The van der Waals surface area contributed by atoms with Crippen LogP contribution in [0.4, 0.5) is 13.2 Å². The molecule has 0 heterocycles. The summed E-state index contributed by atoms with van der Waals surface area (Å²) in [5, 5.41) is 11.2. The molecule has 0 unspecified atom stereocenters. The van der Waals surface area contributed by atoms with Crippen molar-refractivity contribution in [3.05, 3.63) is 46.0 Å². The molecule has 8 heteroatoms. The number of nitro groups is 1. The van der Waals surface area contributed by atoms with E-state index >= 15 is 0 Å². The quantitative estimate of drug-likeness (QED) is 0.475. The summed E-state index contributed by atoms with van der Waals surface area (Å²) >= 11 is 1.02. The zero-order chi connectivity index (χ0) is 12.9. The Hall–Kier alpha value is -1.70. The van der Waals surface area contributed by atoms with Gasteiger partial charge in [0.1, 0.15) is 5.75 Å². The van der Waals surface area contributed by atoms with Crippen LogP contribution in [0.3, 0.4) is 0 Å². The van der Waals surface area contributed by atoms with Gasteiger partial charge in [0.2, 0.25) is 6.20 Å². The van der Waals surface area contributed by atoms with Crippen LogP contribution in [0.2, 0.25) is 0 Å². The van der Waals surface area contributed by atoms with Crippen LogP contribution in [0.1, 0.15) is 0 Å². The second-order valence-corrected chi connectivity index (χ2v) is 3.69. The van der Waals surface area contributed by atoms with Crippen molar-refractivity contribution in [1.29, 1.82) is 0 Å². The summed E-state index contributed by atoms with van der Waals surface area (Å²) in [5.41, 5.74) is 0. The minimum atomic E-state index is -4.72. The first-order valence-corrected chi connectivity index (χ1v) is 5.07. The zero-order valence-electron chi connectivity index (χ0n) is 8.18. The van der Waals surface area contributed by atoms with Crippen LogP contribution in [-0.4, -0.2) is 11.3 Å². The molecule has 4 nitrogen and oxygen atoms in total. The molecule has 1 rings (SSSR count). The van der Waals surface area contributed by atoms with Gasteiger partial charge in [0, 0.05) is 10.3 Å². The Balaban J connectivity index is 2.59. The summed E-state index contributed by atoms with van der Waals surface area (Å²) in [6.07, 6.45) is -3.98. The number of rotatable bonds is 4. The van der Waals surface area contributed by atoms with E-state index in [1.807, 2.05) is 0 Å². The zero-order valence-corrected chi connectivity index (χ0v) is 8.99. The molecule has 0 spiro atoms. The van der Waals surface area contributed by atoms with Gasteiger partial charge in [-0.3, -0.25) is 10.1 Å². The molecule has 0 aromatic heterocycles. The van der Waals surface area contributed by atoms with E-state index in [1.165, 1.54) is 17.5 Å². The van der Waals surface area contributed by atoms with Crippen LogP contribution in [0.5, 0.6) is 5.75 Å². The van der Waals surface area contributed by atoms with E-state index in [0.29, 0.717) is 4.90 Å². The Morgan fingerprint density at radius 1 is 1.29 bits per heavy atom. The molecule has 0 radical (unpaired) electrons. The molecule has 0 aliphatic carbocycles. The van der Waals surface area contributed by atoms with Gasteiger partial charge in [-0.1, -0.05) is 11.8 Å². The molecule has 0 bridgehead atoms. The number of thioether (sulfide) groups is 1. The van der Waals surface area contributed by atoms with Crippen molar-refractivity contribution < 1.29 is 22.8 Å². The monoisotopic (exact) mass is 265 g/mol. The maximum Gasteiger partial charge on any atom is 0.573 e. The van der Waals surface area contributed by atoms with Crippen molar-refractivity contribution >= 4 is 11.8 Å². The van der Waals surface area contributed by atoms with E-state index in [-0.39, 0.29) is 5.75 Å². The molecule has 0 amide bonds. The Labute approximate surface area is 98.2 Å². The molecule has 0 saturated heterocycles. The minimum Gasteiger partial charge on any atom is -0.406 e. The van der Waals surface area contributed by atoms with Crippen molar-refractivity contribution in [2.24, 2.45) is 0 Å². The summed E-state index contributed by atoms with van der Waals surface area (Å²) < 4.78 is 39.1. The smallest absolute Gasteiger partial charge is 0.406 e. The summed E-state index contributed by atoms with van der Waals surface area (Å²) in [6.45, 7) is 0. The average molecular weight is 265 g/mol. The molecule has 0 fully saturated rings. The van der Waals surface area contributed by atoms with Gasteiger partial charge < -0.3 is 4.74 Å². The Morgan fingerprint density at radius 2 is 1.88 bits per heavy atom. The van der Waals surface area contributed by atoms with Crippen molar-refractivity contribution in [3.63, 3.8) is 0 Å². The highest BCUT2D eigenvalue weighted by molar-refractivity contribution is 8.02. The van der Waals surface area contributed by atoms with Crippen LogP contribution in [-0.2, 0) is 0 Å². The van der Waals surface area contributed by atoms with Gasteiger partial charge in [0.05, 0.1) is 4.92 Å². The Morgan fingerprint density at radius 3 is 2.35 bits per heavy atom. The van der Waals surface area contributed by atoms with Gasteiger partial charge in [-0.2, -0.15) is 0 Å². The predicted octanol–water partition coefficient (Wildman–Crippen LogP) is 3.43. The second-order valence-electron chi connectivity index (χ2n) is 2.71. The summed E-state index contributed by atoms with van der Waals surface area (Å²) in [5.74, 6) is -0.333. The fourth-order valence-electron chi connectivity index (χ4n) is 0.879. The molecule has 0 N–H and O–H groups in total. The molecule has 92 valence electrons. The molecule has 0 aliphatic heterocycles. The molecular weight excluding hydrogens is 259 g/mol. The largest absolute Gasteiger partial charge is 0.573 e. The third kappa shape index (κ3) is 5.81. The number of ether oxygens (including phenoxy) is 1. The van der Waals surface area contributed by atoms with E-state index in [9.17, 15) is 23.3 Å². The highest BCUT2D eigenvalue weighted by atomic mass is 32.2. The normalized spacial score (nSPS) is 11.7. The maximum absolute atomic E-state index is 11.8. The third-order valence-corrected chi connectivity index (χ3v) is 2.25. The van der Waals surface area contributed by atoms with Crippen molar-refractivity contribution in [3.8, 4) is 5.75 Å². The van der Waals surface area contributed by atoms with Crippen LogP contribution in [0, 0.1) is 10.1 Å². The lowest BCUT2D eigenvalue weighted by Crippen LogP contribution is -2.16. The molecule has 1 aromatic rings. The van der Waals surface area contributed by atoms with E-state index in [4.69, 9.17) is 0 Å². The number of hydrogen-bond acceptors (Lipinski definition) is 4. The van der Waals surface area contributed by atoms with Gasteiger partial charge in [-0.15, -0.1) is 13.2 Å². The van der Waals surface area contributed by atoms with Crippen molar-refractivity contribution in [2.75, 3.05) is 0 Å². The van der Waals surface area contributed by atoms with E-state index < -0.39 is 11.3 Å². The highest BCUT2D eigenvalue weighted by Gasteiger charge is 2.30. The van der Waals surface area contributed by atoms with Gasteiger partial charge in [-0.25, -0.2) is 0 Å². The number of hydrogen-bond donors (Lipinski definition) is 0. The van der Waals surface area contributed by atoms with Gasteiger partial charge in [0.25, 0.3) is 0 Å². The molecule has 0 atom stereocenters. The topological polar surface area (TPSA) is 52.4 Å². The van der Waals surface area contributed by atoms with Crippen LogP contribution in [0.15, 0.2) is 40.8 Å². The van der Waals surface area contributed by atoms with Gasteiger partial charge >= 0.3 is 6.36 Å². The van der Waals surface area contributed by atoms with E-state index in [2.05, 4.69) is 4.74 Å². The minimum absolute atomic E-state index is 0.333. The maximum atomic E-state index is 11.8. The second kappa shape index (κ2) is 5.58. The molecule has 0 aliphatic rings. The SMILES string of the molecule is O=[N+]([O-])C=CSc1ccc(OC(F)(F)F)cc1. The van der Waals surface area contributed by atoms with Gasteiger partial charge in [-0.05, 0) is 24.3 Å². The summed E-state index contributed by atoms with van der Waals surface area (Å²) in [6, 6.07) is 5.01. The molecular formula is C9H6F3NO3S. The van der Waals surface area contributed by atoms with Crippen LogP contribution < -0.4 is 4.74 Å². The average Bonchev–Trinajstić information content (AvgIpc) is 2.18. The third-order valence-electron chi connectivity index (χ3n) is 1.44. The van der Waals surface area contributed by atoms with Gasteiger partial charge in [0.15, 0.2) is 0 Å². The van der Waals surface area contributed by atoms with Crippen molar-refractivity contribution in [1.82, 2.24) is 0 Å². The lowest BCUT2D eigenvalue weighted by Gasteiger charge is -2.08. The first kappa shape index (κ1) is 13.4.